The number of hydrogen-bond donors (Lipinski definition) is 1. The fourth-order valence-corrected chi connectivity index (χ4v) is 3.66. The minimum atomic E-state index is -0.309. The summed E-state index contributed by atoms with van der Waals surface area (Å²) in [6.45, 7) is 2.75. The summed E-state index contributed by atoms with van der Waals surface area (Å²) in [6, 6.07) is 13.1. The molecular formula is C20H19BrN4O3. The Morgan fingerprint density at radius 2 is 1.96 bits per heavy atom. The van der Waals surface area contributed by atoms with Gasteiger partial charge in [0.1, 0.15) is 6.54 Å². The van der Waals surface area contributed by atoms with Gasteiger partial charge < -0.3 is 15.0 Å². The van der Waals surface area contributed by atoms with E-state index in [1.807, 2.05) is 36.4 Å². The second kappa shape index (κ2) is 8.12. The Bertz CT molecular complexity index is 1080. The van der Waals surface area contributed by atoms with Gasteiger partial charge in [0.15, 0.2) is 0 Å². The molecule has 0 unspecified atom stereocenters. The van der Waals surface area contributed by atoms with E-state index in [1.165, 1.54) is 10.8 Å². The third kappa shape index (κ3) is 3.93. The van der Waals surface area contributed by atoms with E-state index >= 15 is 0 Å². The van der Waals surface area contributed by atoms with Crippen LogP contribution in [0.2, 0.25) is 0 Å². The molecule has 0 radical (unpaired) electrons. The second-order valence-electron chi connectivity index (χ2n) is 6.48. The van der Waals surface area contributed by atoms with Gasteiger partial charge in [-0.2, -0.15) is 0 Å². The van der Waals surface area contributed by atoms with Crippen molar-refractivity contribution in [3.05, 3.63) is 63.5 Å². The van der Waals surface area contributed by atoms with Crippen LogP contribution in [-0.4, -0.2) is 41.8 Å². The summed E-state index contributed by atoms with van der Waals surface area (Å²) in [5.74, 6) is -0.272. The van der Waals surface area contributed by atoms with Gasteiger partial charge in [0.25, 0.3) is 5.56 Å². The first-order valence-corrected chi connectivity index (χ1v) is 9.78. The second-order valence-corrected chi connectivity index (χ2v) is 7.40. The molecule has 0 aliphatic carbocycles. The Hall–Kier alpha value is -2.71. The van der Waals surface area contributed by atoms with Crippen molar-refractivity contribution in [3.63, 3.8) is 0 Å². The van der Waals surface area contributed by atoms with Crippen LogP contribution in [0.4, 0.5) is 11.4 Å². The Morgan fingerprint density at radius 1 is 1.18 bits per heavy atom. The van der Waals surface area contributed by atoms with Crippen molar-refractivity contribution in [1.29, 1.82) is 0 Å². The lowest BCUT2D eigenvalue weighted by molar-refractivity contribution is -0.116. The number of morpholine rings is 1. The number of halogens is 1. The molecule has 4 rings (SSSR count). The van der Waals surface area contributed by atoms with E-state index in [9.17, 15) is 9.59 Å². The zero-order valence-corrected chi connectivity index (χ0v) is 16.7. The average Bonchev–Trinajstić information content (AvgIpc) is 2.71. The number of anilines is 2. The molecule has 1 fully saturated rings. The lowest BCUT2D eigenvalue weighted by Gasteiger charge is -2.30. The molecule has 2 heterocycles. The molecular weight excluding hydrogens is 424 g/mol. The number of amides is 1. The number of carbonyl (C=O) groups excluding carboxylic acids is 1. The maximum atomic E-state index is 12.8. The number of carbonyl (C=O) groups is 1. The zero-order valence-electron chi connectivity index (χ0n) is 15.1. The van der Waals surface area contributed by atoms with Crippen LogP contribution in [0.3, 0.4) is 0 Å². The van der Waals surface area contributed by atoms with E-state index in [1.54, 1.807) is 6.07 Å². The summed E-state index contributed by atoms with van der Waals surface area (Å²) in [4.78, 5) is 31.4. The number of hydrogen-bond acceptors (Lipinski definition) is 5. The summed E-state index contributed by atoms with van der Waals surface area (Å²) in [5, 5.41) is 2.96. The summed E-state index contributed by atoms with van der Waals surface area (Å²) in [5.41, 5.74) is 2.63. The summed E-state index contributed by atoms with van der Waals surface area (Å²) in [6.07, 6.45) is 1.24. The molecule has 0 atom stereocenters. The first kappa shape index (κ1) is 18.6. The third-order valence-corrected chi connectivity index (χ3v) is 5.13. The predicted octanol–water partition coefficient (Wildman–Crippen LogP) is 2.63. The van der Waals surface area contributed by atoms with Crippen LogP contribution in [-0.2, 0) is 16.1 Å². The smallest absolute Gasteiger partial charge is 0.269 e. The lowest BCUT2D eigenvalue weighted by atomic mass is 10.2. The topological polar surface area (TPSA) is 76.5 Å². The molecule has 1 aliphatic rings. The maximum absolute atomic E-state index is 12.8. The van der Waals surface area contributed by atoms with E-state index in [4.69, 9.17) is 4.74 Å². The monoisotopic (exact) mass is 442 g/mol. The minimum Gasteiger partial charge on any atom is -0.378 e. The Morgan fingerprint density at radius 3 is 2.79 bits per heavy atom. The van der Waals surface area contributed by atoms with Gasteiger partial charge in [-0.3, -0.25) is 14.2 Å². The standard InChI is InChI=1S/C20H19BrN4O3/c21-14-5-6-17(24-7-9-28-10-8-24)16(11-14)23-19(26)13-25-18-4-2-1-3-15(18)22-12-20(25)27/h1-6,11-12H,7-10,13H2,(H,23,26). The number of aromatic nitrogens is 2. The number of fused-ring (bicyclic) bond motifs is 1. The molecule has 0 spiro atoms. The molecule has 2 aromatic carbocycles. The Kier molecular flexibility index (Phi) is 5.40. The molecule has 0 saturated carbocycles. The van der Waals surface area contributed by atoms with Crippen LogP contribution in [0.25, 0.3) is 11.0 Å². The van der Waals surface area contributed by atoms with E-state index in [0.29, 0.717) is 29.9 Å². The predicted molar refractivity (Wildman–Crippen MR) is 112 cm³/mol. The highest BCUT2D eigenvalue weighted by molar-refractivity contribution is 9.10. The minimum absolute atomic E-state index is 0.0864. The van der Waals surface area contributed by atoms with Gasteiger partial charge in [-0.05, 0) is 30.3 Å². The highest BCUT2D eigenvalue weighted by Gasteiger charge is 2.17. The van der Waals surface area contributed by atoms with Gasteiger partial charge in [0.2, 0.25) is 5.91 Å². The fourth-order valence-electron chi connectivity index (χ4n) is 3.30. The van der Waals surface area contributed by atoms with Crippen molar-refractivity contribution in [2.75, 3.05) is 36.5 Å². The van der Waals surface area contributed by atoms with E-state index in [-0.39, 0.29) is 18.0 Å². The highest BCUT2D eigenvalue weighted by atomic mass is 79.9. The van der Waals surface area contributed by atoms with Gasteiger partial charge in [-0.1, -0.05) is 28.1 Å². The molecule has 3 aromatic rings. The Labute approximate surface area is 170 Å². The van der Waals surface area contributed by atoms with Gasteiger partial charge >= 0.3 is 0 Å². The fraction of sp³-hybridized carbons (Fsp3) is 0.250. The van der Waals surface area contributed by atoms with Gasteiger partial charge in [-0.15, -0.1) is 0 Å². The molecule has 1 aliphatic heterocycles. The van der Waals surface area contributed by atoms with Crippen LogP contribution in [0.5, 0.6) is 0 Å². The lowest BCUT2D eigenvalue weighted by Crippen LogP contribution is -2.37. The normalized spacial score (nSPS) is 14.2. The van der Waals surface area contributed by atoms with Gasteiger partial charge in [-0.25, -0.2) is 4.98 Å². The van der Waals surface area contributed by atoms with Crippen molar-refractivity contribution in [2.24, 2.45) is 0 Å². The van der Waals surface area contributed by atoms with Crippen LogP contribution in [0.15, 0.2) is 57.9 Å². The third-order valence-electron chi connectivity index (χ3n) is 4.64. The summed E-state index contributed by atoms with van der Waals surface area (Å²) in [7, 11) is 0. The largest absolute Gasteiger partial charge is 0.378 e. The Balaban J connectivity index is 1.60. The number of nitrogens with one attached hydrogen (secondary N) is 1. The van der Waals surface area contributed by atoms with Crippen molar-refractivity contribution < 1.29 is 9.53 Å². The molecule has 144 valence electrons. The first-order chi connectivity index (χ1) is 13.6. The van der Waals surface area contributed by atoms with Crippen LogP contribution in [0, 0.1) is 0 Å². The van der Waals surface area contributed by atoms with Crippen molar-refractivity contribution in [3.8, 4) is 0 Å². The quantitative estimate of drug-likeness (QED) is 0.671. The molecule has 1 aromatic heterocycles. The SMILES string of the molecule is O=C(Cn1c(=O)cnc2ccccc21)Nc1cc(Br)ccc1N1CCOCC1. The number of benzene rings is 2. The maximum Gasteiger partial charge on any atom is 0.269 e. The van der Waals surface area contributed by atoms with Crippen LogP contribution in [0.1, 0.15) is 0 Å². The first-order valence-electron chi connectivity index (χ1n) is 8.98. The van der Waals surface area contributed by atoms with Crippen molar-refractivity contribution in [2.45, 2.75) is 6.54 Å². The van der Waals surface area contributed by atoms with E-state index < -0.39 is 0 Å². The van der Waals surface area contributed by atoms with Gasteiger partial charge in [0, 0.05) is 17.6 Å². The van der Waals surface area contributed by atoms with Crippen molar-refractivity contribution >= 4 is 44.2 Å². The average molecular weight is 443 g/mol. The van der Waals surface area contributed by atoms with E-state index in [2.05, 4.69) is 31.1 Å². The van der Waals surface area contributed by atoms with E-state index in [0.717, 1.165) is 23.2 Å². The molecule has 8 heteroatoms. The zero-order chi connectivity index (χ0) is 19.5. The highest BCUT2D eigenvalue weighted by Crippen LogP contribution is 2.30. The summed E-state index contributed by atoms with van der Waals surface area (Å²) < 4.78 is 7.72. The molecule has 0 bridgehead atoms. The molecule has 1 saturated heterocycles. The number of nitrogens with zero attached hydrogens (tertiary/aromatic N) is 3. The molecule has 7 nitrogen and oxygen atoms in total. The van der Waals surface area contributed by atoms with Crippen LogP contribution >= 0.6 is 15.9 Å². The molecule has 28 heavy (non-hydrogen) atoms. The number of rotatable bonds is 4. The molecule has 1 N–H and O–H groups in total. The number of ether oxygens (including phenoxy) is 1. The molecule has 1 amide bonds. The van der Waals surface area contributed by atoms with Crippen LogP contribution < -0.4 is 15.8 Å². The number of para-hydroxylation sites is 2. The summed E-state index contributed by atoms with van der Waals surface area (Å²) >= 11 is 3.46. The van der Waals surface area contributed by atoms with Gasteiger partial charge in [0.05, 0.1) is 41.8 Å². The van der Waals surface area contributed by atoms with Crippen molar-refractivity contribution in [1.82, 2.24) is 9.55 Å².